The van der Waals surface area contributed by atoms with E-state index in [-0.39, 0.29) is 6.61 Å². The van der Waals surface area contributed by atoms with Crippen molar-refractivity contribution in [3.05, 3.63) is 47.8 Å². The first-order chi connectivity index (χ1) is 7.83. The molecule has 4 nitrogen and oxygen atoms in total. The molecule has 2 rings (SSSR count). The molecule has 0 saturated heterocycles. The molecular weight excluding hydrogens is 202 g/mol. The molecule has 0 bridgehead atoms. The number of nitrogens with zero attached hydrogens (tertiary/aromatic N) is 3. The van der Waals surface area contributed by atoms with Crippen LogP contribution in [0.1, 0.15) is 11.3 Å². The SMILES string of the molecule is N#Cc1ccnc(-c2cccc(CO)c2)n1. The van der Waals surface area contributed by atoms with Crippen molar-refractivity contribution in [2.45, 2.75) is 6.61 Å². The highest BCUT2D eigenvalue weighted by Gasteiger charge is 2.02. The van der Waals surface area contributed by atoms with Crippen LogP contribution in [0.15, 0.2) is 36.5 Å². The van der Waals surface area contributed by atoms with Crippen molar-refractivity contribution in [2.24, 2.45) is 0 Å². The van der Waals surface area contributed by atoms with E-state index in [0.29, 0.717) is 11.5 Å². The van der Waals surface area contributed by atoms with Crippen LogP contribution in [-0.2, 0) is 6.61 Å². The minimum atomic E-state index is -0.0220. The summed E-state index contributed by atoms with van der Waals surface area (Å²) in [5.74, 6) is 0.495. The minimum absolute atomic E-state index is 0.0220. The first-order valence-electron chi connectivity index (χ1n) is 4.77. The number of nitriles is 1. The zero-order valence-corrected chi connectivity index (χ0v) is 8.46. The summed E-state index contributed by atoms with van der Waals surface area (Å²) in [7, 11) is 0. The van der Waals surface area contributed by atoms with Crippen molar-refractivity contribution in [1.29, 1.82) is 5.26 Å². The molecule has 1 aromatic heterocycles. The Hall–Kier alpha value is -2.25. The van der Waals surface area contributed by atoms with Crippen molar-refractivity contribution >= 4 is 0 Å². The molecule has 1 aromatic carbocycles. The minimum Gasteiger partial charge on any atom is -0.392 e. The molecule has 0 aliphatic rings. The maximum atomic E-state index is 9.02. The van der Waals surface area contributed by atoms with Crippen LogP contribution in [0, 0.1) is 11.3 Å². The lowest BCUT2D eigenvalue weighted by molar-refractivity contribution is 0.282. The average Bonchev–Trinajstić information content (AvgIpc) is 2.39. The Labute approximate surface area is 92.8 Å². The molecule has 0 spiro atoms. The quantitative estimate of drug-likeness (QED) is 0.817. The first kappa shape index (κ1) is 10.3. The summed E-state index contributed by atoms with van der Waals surface area (Å²) in [4.78, 5) is 8.17. The lowest BCUT2D eigenvalue weighted by Crippen LogP contribution is -1.92. The standard InChI is InChI=1S/C12H9N3O/c13-7-11-4-5-14-12(15-11)10-3-1-2-9(6-10)8-16/h1-6,16H,8H2. The molecule has 0 saturated carbocycles. The Kier molecular flexibility index (Phi) is 2.90. The van der Waals surface area contributed by atoms with Crippen molar-refractivity contribution in [2.75, 3.05) is 0 Å². The fraction of sp³-hybridized carbons (Fsp3) is 0.0833. The van der Waals surface area contributed by atoms with Gasteiger partial charge in [0.05, 0.1) is 6.61 Å². The smallest absolute Gasteiger partial charge is 0.160 e. The van der Waals surface area contributed by atoms with Crippen molar-refractivity contribution in [1.82, 2.24) is 9.97 Å². The molecule has 4 heteroatoms. The number of hydrogen-bond acceptors (Lipinski definition) is 4. The molecular formula is C12H9N3O. The molecule has 0 aliphatic heterocycles. The van der Waals surface area contributed by atoms with Crippen LogP contribution in [0.3, 0.4) is 0 Å². The molecule has 1 heterocycles. The number of aromatic nitrogens is 2. The van der Waals surface area contributed by atoms with Crippen LogP contribution in [0.2, 0.25) is 0 Å². The maximum absolute atomic E-state index is 9.02. The highest BCUT2D eigenvalue weighted by atomic mass is 16.3. The molecule has 0 aliphatic carbocycles. The highest BCUT2D eigenvalue weighted by Crippen LogP contribution is 2.16. The van der Waals surface area contributed by atoms with Gasteiger partial charge in [0.1, 0.15) is 11.8 Å². The van der Waals surface area contributed by atoms with Crippen LogP contribution in [-0.4, -0.2) is 15.1 Å². The third-order valence-corrected chi connectivity index (χ3v) is 2.14. The molecule has 1 N–H and O–H groups in total. The van der Waals surface area contributed by atoms with Crippen molar-refractivity contribution < 1.29 is 5.11 Å². The molecule has 78 valence electrons. The first-order valence-corrected chi connectivity index (χ1v) is 4.77. The van der Waals surface area contributed by atoms with E-state index in [1.54, 1.807) is 18.3 Å². The monoisotopic (exact) mass is 211 g/mol. The number of aliphatic hydroxyl groups is 1. The number of hydrogen-bond donors (Lipinski definition) is 1. The van der Waals surface area contributed by atoms with Gasteiger partial charge >= 0.3 is 0 Å². The summed E-state index contributed by atoms with van der Waals surface area (Å²) in [5.41, 5.74) is 1.92. The van der Waals surface area contributed by atoms with Gasteiger partial charge in [-0.2, -0.15) is 5.26 Å². The summed E-state index contributed by atoms with van der Waals surface area (Å²) >= 11 is 0. The summed E-state index contributed by atoms with van der Waals surface area (Å²) in [6.07, 6.45) is 1.55. The number of aliphatic hydroxyl groups excluding tert-OH is 1. The van der Waals surface area contributed by atoms with Crippen LogP contribution in [0.25, 0.3) is 11.4 Å². The number of benzene rings is 1. The van der Waals surface area contributed by atoms with Crippen LogP contribution in [0.4, 0.5) is 0 Å². The molecule has 0 fully saturated rings. The summed E-state index contributed by atoms with van der Waals surface area (Å²) in [5, 5.41) is 17.7. The van der Waals surface area contributed by atoms with Gasteiger partial charge in [0, 0.05) is 11.8 Å². The zero-order valence-electron chi connectivity index (χ0n) is 8.46. The van der Waals surface area contributed by atoms with E-state index in [1.807, 2.05) is 24.3 Å². The van der Waals surface area contributed by atoms with E-state index in [0.717, 1.165) is 11.1 Å². The Morgan fingerprint density at radius 3 is 2.94 bits per heavy atom. The summed E-state index contributed by atoms with van der Waals surface area (Å²) < 4.78 is 0. The lowest BCUT2D eigenvalue weighted by Gasteiger charge is -2.01. The molecule has 0 amide bonds. The largest absolute Gasteiger partial charge is 0.392 e. The number of rotatable bonds is 2. The lowest BCUT2D eigenvalue weighted by atomic mass is 10.1. The molecule has 16 heavy (non-hydrogen) atoms. The Balaban J connectivity index is 2.46. The van der Waals surface area contributed by atoms with E-state index < -0.39 is 0 Å². The van der Waals surface area contributed by atoms with E-state index >= 15 is 0 Å². The van der Waals surface area contributed by atoms with Gasteiger partial charge in [0.15, 0.2) is 5.82 Å². The van der Waals surface area contributed by atoms with Gasteiger partial charge in [0.2, 0.25) is 0 Å². The molecule has 0 radical (unpaired) electrons. The van der Waals surface area contributed by atoms with Gasteiger partial charge in [-0.1, -0.05) is 18.2 Å². The van der Waals surface area contributed by atoms with Crippen molar-refractivity contribution in [3.63, 3.8) is 0 Å². The van der Waals surface area contributed by atoms with Crippen molar-refractivity contribution in [3.8, 4) is 17.5 Å². The Bertz CT molecular complexity index is 546. The molecule has 0 unspecified atom stereocenters. The summed E-state index contributed by atoms with van der Waals surface area (Å²) in [6.45, 7) is -0.0220. The van der Waals surface area contributed by atoms with Gasteiger partial charge in [-0.05, 0) is 17.7 Å². The van der Waals surface area contributed by atoms with Gasteiger partial charge in [-0.25, -0.2) is 9.97 Å². The van der Waals surface area contributed by atoms with Gasteiger partial charge in [-0.3, -0.25) is 0 Å². The predicted octanol–water partition coefficient (Wildman–Crippen LogP) is 1.51. The average molecular weight is 211 g/mol. The van der Waals surface area contributed by atoms with Gasteiger partial charge < -0.3 is 5.11 Å². The van der Waals surface area contributed by atoms with Gasteiger partial charge in [0.25, 0.3) is 0 Å². The van der Waals surface area contributed by atoms with E-state index in [4.69, 9.17) is 10.4 Å². The zero-order chi connectivity index (χ0) is 11.4. The van der Waals surface area contributed by atoms with E-state index in [1.165, 1.54) is 0 Å². The summed E-state index contributed by atoms with van der Waals surface area (Å²) in [6, 6.07) is 10.8. The van der Waals surface area contributed by atoms with Crippen LogP contribution >= 0.6 is 0 Å². The van der Waals surface area contributed by atoms with E-state index in [9.17, 15) is 0 Å². The Morgan fingerprint density at radius 1 is 1.31 bits per heavy atom. The second kappa shape index (κ2) is 4.51. The fourth-order valence-corrected chi connectivity index (χ4v) is 1.37. The highest BCUT2D eigenvalue weighted by molar-refractivity contribution is 5.56. The van der Waals surface area contributed by atoms with Crippen LogP contribution < -0.4 is 0 Å². The van der Waals surface area contributed by atoms with Gasteiger partial charge in [-0.15, -0.1) is 0 Å². The third kappa shape index (κ3) is 2.05. The second-order valence-electron chi connectivity index (χ2n) is 3.24. The Morgan fingerprint density at radius 2 is 2.19 bits per heavy atom. The maximum Gasteiger partial charge on any atom is 0.160 e. The van der Waals surface area contributed by atoms with Crippen LogP contribution in [0.5, 0.6) is 0 Å². The fourth-order valence-electron chi connectivity index (χ4n) is 1.37. The third-order valence-electron chi connectivity index (χ3n) is 2.14. The van der Waals surface area contributed by atoms with E-state index in [2.05, 4.69) is 9.97 Å². The second-order valence-corrected chi connectivity index (χ2v) is 3.24. The topological polar surface area (TPSA) is 69.8 Å². The predicted molar refractivity (Wildman–Crippen MR) is 58.1 cm³/mol. The molecule has 2 aromatic rings. The normalized spacial score (nSPS) is 9.75. The molecule has 0 atom stereocenters.